The number of hydrogen-bond acceptors (Lipinski definition) is 2. The Hall–Kier alpha value is -0.760. The van der Waals surface area contributed by atoms with Gasteiger partial charge in [-0.1, -0.05) is 24.6 Å². The van der Waals surface area contributed by atoms with Crippen LogP contribution in [-0.4, -0.2) is 6.29 Å². The molecule has 0 N–H and O–H groups in total. The summed E-state index contributed by atoms with van der Waals surface area (Å²) in [6, 6.07) is 5.92. The highest BCUT2D eigenvalue weighted by molar-refractivity contribution is 7.80. The van der Waals surface area contributed by atoms with Crippen molar-refractivity contribution in [3.63, 3.8) is 0 Å². The summed E-state index contributed by atoms with van der Waals surface area (Å²) >= 11 is 4.28. The van der Waals surface area contributed by atoms with E-state index in [-0.39, 0.29) is 5.92 Å². The lowest BCUT2D eigenvalue weighted by Crippen LogP contribution is -1.96. The monoisotopic (exact) mass is 180 g/mol. The van der Waals surface area contributed by atoms with Gasteiger partial charge in [-0.25, -0.2) is 0 Å². The highest BCUT2D eigenvalue weighted by atomic mass is 32.1. The van der Waals surface area contributed by atoms with Crippen LogP contribution in [0.3, 0.4) is 0 Å². The third kappa shape index (κ3) is 1.89. The van der Waals surface area contributed by atoms with E-state index in [1.165, 1.54) is 0 Å². The normalized spacial score (nSPS) is 12.6. The van der Waals surface area contributed by atoms with E-state index in [9.17, 15) is 4.79 Å². The molecule has 64 valence electrons. The first-order chi connectivity index (χ1) is 5.65. The minimum atomic E-state index is -0.0580. The summed E-state index contributed by atoms with van der Waals surface area (Å²) in [6.45, 7) is 3.88. The summed E-state index contributed by atoms with van der Waals surface area (Å²) in [6.07, 6.45) is 0.939. The second-order valence-corrected chi connectivity index (χ2v) is 3.47. The summed E-state index contributed by atoms with van der Waals surface area (Å²) in [5, 5.41) is 0. The lowest BCUT2D eigenvalue weighted by Gasteiger charge is -2.08. The van der Waals surface area contributed by atoms with E-state index < -0.39 is 0 Å². The number of benzene rings is 1. The average Bonchev–Trinajstić information content (AvgIpc) is 2.08. The maximum atomic E-state index is 10.5. The molecule has 0 aliphatic carbocycles. The third-order valence-electron chi connectivity index (χ3n) is 1.88. The first kappa shape index (κ1) is 9.33. The molecule has 1 atom stereocenters. The molecule has 0 saturated carbocycles. The Morgan fingerprint density at radius 3 is 2.75 bits per heavy atom. The van der Waals surface area contributed by atoms with Crippen molar-refractivity contribution in [1.82, 2.24) is 0 Å². The van der Waals surface area contributed by atoms with Gasteiger partial charge in [-0.05, 0) is 18.6 Å². The second kappa shape index (κ2) is 3.76. The zero-order valence-electron chi connectivity index (χ0n) is 7.24. The molecule has 1 nitrogen and oxygen atoms in total. The lowest BCUT2D eigenvalue weighted by atomic mass is 10.0. The molecule has 1 rings (SSSR count). The fourth-order valence-electron chi connectivity index (χ4n) is 1.11. The molecule has 0 aromatic heterocycles. The van der Waals surface area contributed by atoms with Gasteiger partial charge < -0.3 is 4.79 Å². The van der Waals surface area contributed by atoms with Crippen molar-refractivity contribution in [3.05, 3.63) is 29.3 Å². The van der Waals surface area contributed by atoms with Crippen LogP contribution in [0.2, 0.25) is 0 Å². The maximum Gasteiger partial charge on any atom is 0.127 e. The van der Waals surface area contributed by atoms with Gasteiger partial charge in [0.15, 0.2) is 0 Å². The van der Waals surface area contributed by atoms with Gasteiger partial charge in [-0.3, -0.25) is 0 Å². The number of rotatable bonds is 2. The molecule has 0 radical (unpaired) electrons. The minimum absolute atomic E-state index is 0.0580. The van der Waals surface area contributed by atoms with Gasteiger partial charge in [0, 0.05) is 10.8 Å². The predicted molar refractivity (Wildman–Crippen MR) is 52.9 cm³/mol. The summed E-state index contributed by atoms with van der Waals surface area (Å²) in [5.74, 6) is -0.0580. The lowest BCUT2D eigenvalue weighted by molar-refractivity contribution is -0.108. The molecular weight excluding hydrogens is 168 g/mol. The average molecular weight is 180 g/mol. The first-order valence-electron chi connectivity index (χ1n) is 3.90. The summed E-state index contributed by atoms with van der Waals surface area (Å²) in [7, 11) is 0. The SMILES string of the molecule is Cc1ccc(S)c(C(C)C=O)c1. The van der Waals surface area contributed by atoms with E-state index in [2.05, 4.69) is 12.6 Å². The number of carbonyl (C=O) groups excluding carboxylic acids is 1. The number of carbonyl (C=O) groups is 1. The van der Waals surface area contributed by atoms with Crippen molar-refractivity contribution >= 4 is 18.9 Å². The molecule has 12 heavy (non-hydrogen) atoms. The molecule has 0 fully saturated rings. The van der Waals surface area contributed by atoms with Crippen LogP contribution in [0.15, 0.2) is 23.1 Å². The maximum absolute atomic E-state index is 10.5. The predicted octanol–water partition coefficient (Wildman–Crippen LogP) is 2.59. The van der Waals surface area contributed by atoms with Crippen molar-refractivity contribution in [2.24, 2.45) is 0 Å². The standard InChI is InChI=1S/C10H12OS/c1-7-3-4-10(12)9(5-7)8(2)6-11/h3-6,8,12H,1-2H3. The zero-order valence-corrected chi connectivity index (χ0v) is 8.14. The van der Waals surface area contributed by atoms with Crippen LogP contribution in [0.4, 0.5) is 0 Å². The van der Waals surface area contributed by atoms with Crippen LogP contribution in [0, 0.1) is 6.92 Å². The molecule has 0 bridgehead atoms. The van der Waals surface area contributed by atoms with Gasteiger partial charge in [0.05, 0.1) is 0 Å². The van der Waals surface area contributed by atoms with Crippen molar-refractivity contribution < 1.29 is 4.79 Å². The van der Waals surface area contributed by atoms with Crippen LogP contribution in [0.25, 0.3) is 0 Å². The van der Waals surface area contributed by atoms with E-state index in [0.717, 1.165) is 22.3 Å². The highest BCUT2D eigenvalue weighted by Gasteiger charge is 2.06. The third-order valence-corrected chi connectivity index (χ3v) is 2.28. The van der Waals surface area contributed by atoms with Crippen molar-refractivity contribution in [1.29, 1.82) is 0 Å². The van der Waals surface area contributed by atoms with Gasteiger partial charge >= 0.3 is 0 Å². The smallest absolute Gasteiger partial charge is 0.127 e. The van der Waals surface area contributed by atoms with Crippen LogP contribution in [-0.2, 0) is 4.79 Å². The Morgan fingerprint density at radius 2 is 2.17 bits per heavy atom. The summed E-state index contributed by atoms with van der Waals surface area (Å²) in [4.78, 5) is 11.4. The molecular formula is C10H12OS. The Kier molecular flexibility index (Phi) is 2.93. The van der Waals surface area contributed by atoms with Crippen LogP contribution in [0.1, 0.15) is 24.0 Å². The van der Waals surface area contributed by atoms with Gasteiger partial charge in [0.1, 0.15) is 6.29 Å². The zero-order chi connectivity index (χ0) is 9.14. The molecule has 2 heteroatoms. The van der Waals surface area contributed by atoms with E-state index in [0.29, 0.717) is 0 Å². The Balaban J connectivity index is 3.12. The van der Waals surface area contributed by atoms with Crippen molar-refractivity contribution in [2.45, 2.75) is 24.7 Å². The molecule has 1 aromatic rings. The minimum Gasteiger partial charge on any atom is -0.303 e. The van der Waals surface area contributed by atoms with Gasteiger partial charge in [0.2, 0.25) is 0 Å². The summed E-state index contributed by atoms with van der Waals surface area (Å²) < 4.78 is 0. The number of aryl methyl sites for hydroxylation is 1. The molecule has 0 saturated heterocycles. The van der Waals surface area contributed by atoms with Gasteiger partial charge in [-0.2, -0.15) is 0 Å². The van der Waals surface area contributed by atoms with Crippen molar-refractivity contribution in [3.8, 4) is 0 Å². The Labute approximate surface area is 78.2 Å². The number of thiol groups is 1. The molecule has 1 aromatic carbocycles. The van der Waals surface area contributed by atoms with E-state index in [4.69, 9.17) is 0 Å². The van der Waals surface area contributed by atoms with E-state index >= 15 is 0 Å². The summed E-state index contributed by atoms with van der Waals surface area (Å²) in [5.41, 5.74) is 2.17. The molecule has 0 spiro atoms. The molecule has 0 amide bonds. The van der Waals surface area contributed by atoms with E-state index in [1.807, 2.05) is 32.0 Å². The van der Waals surface area contributed by atoms with Crippen LogP contribution in [0.5, 0.6) is 0 Å². The fourth-order valence-corrected chi connectivity index (χ4v) is 1.45. The molecule has 1 unspecified atom stereocenters. The van der Waals surface area contributed by atoms with Crippen LogP contribution < -0.4 is 0 Å². The highest BCUT2D eigenvalue weighted by Crippen LogP contribution is 2.22. The quantitative estimate of drug-likeness (QED) is 0.547. The van der Waals surface area contributed by atoms with E-state index in [1.54, 1.807) is 0 Å². The molecule has 0 aliphatic heterocycles. The van der Waals surface area contributed by atoms with Gasteiger partial charge in [-0.15, -0.1) is 12.6 Å². The fraction of sp³-hybridized carbons (Fsp3) is 0.300. The first-order valence-corrected chi connectivity index (χ1v) is 4.34. The second-order valence-electron chi connectivity index (χ2n) is 2.99. The Bertz CT molecular complexity index is 294. The largest absolute Gasteiger partial charge is 0.303 e. The van der Waals surface area contributed by atoms with Gasteiger partial charge in [0.25, 0.3) is 0 Å². The number of hydrogen-bond donors (Lipinski definition) is 1. The molecule has 0 aliphatic rings. The topological polar surface area (TPSA) is 17.1 Å². The number of aldehydes is 1. The molecule has 0 heterocycles. The van der Waals surface area contributed by atoms with Crippen LogP contribution >= 0.6 is 12.6 Å². The Morgan fingerprint density at radius 1 is 1.50 bits per heavy atom. The van der Waals surface area contributed by atoms with Crippen molar-refractivity contribution in [2.75, 3.05) is 0 Å².